The number of aliphatic imine (C=N–C) groups is 1. The third-order valence-electron chi connectivity index (χ3n) is 5.23. The SMILES string of the molecule is CN=C(C)/C(=C\N)C1=Cc2c(N[C@H](C)c3cc(N)cc(C(F)(F)F)c3)nn(C)c(=O)c2NN1. The zero-order chi connectivity index (χ0) is 24.5. The number of hydrazine groups is 1. The third-order valence-corrected chi connectivity index (χ3v) is 5.23. The topological polar surface area (TPSA) is 135 Å². The van der Waals surface area contributed by atoms with Crippen LogP contribution in [0.5, 0.6) is 0 Å². The molecule has 0 unspecified atom stereocenters. The molecule has 176 valence electrons. The Balaban J connectivity index is 2.07. The molecule has 0 radical (unpaired) electrons. The zero-order valence-electron chi connectivity index (χ0n) is 18.5. The number of nitrogens with one attached hydrogen (secondary N) is 3. The maximum atomic E-state index is 13.2. The normalized spacial score (nSPS) is 15.2. The Labute approximate surface area is 188 Å². The molecule has 1 atom stereocenters. The summed E-state index contributed by atoms with van der Waals surface area (Å²) in [6.45, 7) is 3.45. The molecule has 3 rings (SSSR count). The Bertz CT molecular complexity index is 1230. The van der Waals surface area contributed by atoms with Gasteiger partial charge in [0.25, 0.3) is 5.56 Å². The molecule has 2 aromatic rings. The van der Waals surface area contributed by atoms with Gasteiger partial charge in [-0.15, -0.1) is 0 Å². The number of anilines is 3. The minimum absolute atomic E-state index is 0.0102. The highest BCUT2D eigenvalue weighted by Gasteiger charge is 2.31. The second kappa shape index (κ2) is 8.88. The fourth-order valence-electron chi connectivity index (χ4n) is 3.37. The van der Waals surface area contributed by atoms with Crippen LogP contribution in [0.1, 0.15) is 36.6 Å². The second-order valence-electron chi connectivity index (χ2n) is 7.52. The molecule has 2 heterocycles. The fraction of sp³-hybridized carbons (Fsp3) is 0.286. The summed E-state index contributed by atoms with van der Waals surface area (Å²) in [4.78, 5) is 16.7. The average molecular weight is 462 g/mol. The van der Waals surface area contributed by atoms with Gasteiger partial charge >= 0.3 is 6.18 Å². The van der Waals surface area contributed by atoms with E-state index in [1.165, 1.54) is 19.3 Å². The molecular formula is C21H25F3N8O. The van der Waals surface area contributed by atoms with Crippen LogP contribution >= 0.6 is 0 Å². The molecule has 1 aliphatic rings. The maximum absolute atomic E-state index is 13.2. The van der Waals surface area contributed by atoms with E-state index in [2.05, 4.69) is 26.3 Å². The first-order chi connectivity index (χ1) is 15.5. The van der Waals surface area contributed by atoms with E-state index >= 15 is 0 Å². The van der Waals surface area contributed by atoms with Crippen molar-refractivity contribution in [3.8, 4) is 0 Å². The van der Waals surface area contributed by atoms with Gasteiger partial charge in [0, 0.05) is 37.3 Å². The number of fused-ring (bicyclic) bond motifs is 1. The van der Waals surface area contributed by atoms with E-state index in [1.54, 1.807) is 27.0 Å². The first kappa shape index (κ1) is 23.7. The predicted molar refractivity (Wildman–Crippen MR) is 123 cm³/mol. The van der Waals surface area contributed by atoms with Crippen molar-refractivity contribution in [3.63, 3.8) is 0 Å². The molecule has 1 aromatic heterocycles. The molecule has 1 aliphatic heterocycles. The quantitative estimate of drug-likeness (QED) is 0.341. The summed E-state index contributed by atoms with van der Waals surface area (Å²) < 4.78 is 40.8. The van der Waals surface area contributed by atoms with Crippen molar-refractivity contribution in [2.75, 3.05) is 23.5 Å². The van der Waals surface area contributed by atoms with E-state index in [1.807, 2.05) is 0 Å². The summed E-state index contributed by atoms with van der Waals surface area (Å²) in [6.07, 6.45) is -1.48. The molecule has 0 bridgehead atoms. The second-order valence-corrected chi connectivity index (χ2v) is 7.52. The van der Waals surface area contributed by atoms with Gasteiger partial charge in [-0.3, -0.25) is 20.6 Å². The van der Waals surface area contributed by atoms with Gasteiger partial charge in [-0.2, -0.15) is 18.3 Å². The maximum Gasteiger partial charge on any atom is 0.416 e. The number of nitrogen functional groups attached to an aromatic ring is 1. The molecule has 12 heteroatoms. The molecule has 1 aromatic carbocycles. The van der Waals surface area contributed by atoms with Crippen LogP contribution in [-0.4, -0.2) is 22.5 Å². The number of aromatic nitrogens is 2. The highest BCUT2D eigenvalue weighted by atomic mass is 19.4. The highest BCUT2D eigenvalue weighted by Crippen LogP contribution is 2.34. The number of nitrogens with two attached hydrogens (primary N) is 2. The molecular weight excluding hydrogens is 437 g/mol. The van der Waals surface area contributed by atoms with Gasteiger partial charge in [-0.25, -0.2) is 4.68 Å². The van der Waals surface area contributed by atoms with Gasteiger partial charge < -0.3 is 16.8 Å². The fourth-order valence-corrected chi connectivity index (χ4v) is 3.37. The Kier molecular flexibility index (Phi) is 6.38. The number of aryl methyl sites for hydroxylation is 1. The largest absolute Gasteiger partial charge is 0.416 e. The number of nitrogens with zero attached hydrogens (tertiary/aromatic N) is 3. The van der Waals surface area contributed by atoms with E-state index in [0.29, 0.717) is 28.1 Å². The van der Waals surface area contributed by atoms with Crippen LogP contribution in [0.15, 0.2) is 45.5 Å². The van der Waals surface area contributed by atoms with Crippen LogP contribution in [0.2, 0.25) is 0 Å². The molecule has 0 saturated heterocycles. The van der Waals surface area contributed by atoms with Gasteiger partial charge in [0.05, 0.1) is 22.9 Å². The van der Waals surface area contributed by atoms with Crippen molar-refractivity contribution in [1.82, 2.24) is 15.2 Å². The lowest BCUT2D eigenvalue weighted by Gasteiger charge is -2.25. The third kappa shape index (κ3) is 4.78. The Morgan fingerprint density at radius 3 is 2.61 bits per heavy atom. The Morgan fingerprint density at radius 1 is 1.30 bits per heavy atom. The molecule has 0 spiro atoms. The van der Waals surface area contributed by atoms with Crippen LogP contribution in [0.25, 0.3) is 6.08 Å². The number of allylic oxidation sites excluding steroid dienone is 1. The van der Waals surface area contributed by atoms with Crippen LogP contribution in [-0.2, 0) is 13.2 Å². The van der Waals surface area contributed by atoms with Crippen molar-refractivity contribution in [1.29, 1.82) is 0 Å². The number of rotatable bonds is 5. The molecule has 0 saturated carbocycles. The monoisotopic (exact) mass is 462 g/mol. The lowest BCUT2D eigenvalue weighted by Crippen LogP contribution is -2.35. The van der Waals surface area contributed by atoms with Gasteiger partial charge in [0.2, 0.25) is 0 Å². The zero-order valence-corrected chi connectivity index (χ0v) is 18.5. The minimum atomic E-state index is -4.53. The van der Waals surface area contributed by atoms with Crippen LogP contribution < -0.4 is 33.2 Å². The first-order valence-corrected chi connectivity index (χ1v) is 9.91. The molecule has 9 nitrogen and oxygen atoms in total. The van der Waals surface area contributed by atoms with Gasteiger partial charge in [0.1, 0.15) is 5.69 Å². The average Bonchev–Trinajstić information content (AvgIpc) is 2.76. The lowest BCUT2D eigenvalue weighted by molar-refractivity contribution is -0.137. The molecule has 7 N–H and O–H groups in total. The number of benzene rings is 1. The molecule has 0 aliphatic carbocycles. The standard InChI is InChI=1S/C21H25F3N8O/c1-10(12-5-13(21(22,23)24)7-14(26)6-12)28-19-15-8-17(16(9-25)11(2)27-3)29-30-18(15)20(33)32(4)31-19/h5-10,29-30H,25-26H2,1-4H3,(H,28,31)/b16-9+,27-11?/t10-/m1/s1. The summed E-state index contributed by atoms with van der Waals surface area (Å²) in [6, 6.07) is 2.75. The number of halogens is 3. The van der Waals surface area contributed by atoms with Crippen molar-refractivity contribution in [3.05, 3.63) is 62.7 Å². The van der Waals surface area contributed by atoms with Crippen molar-refractivity contribution in [2.24, 2.45) is 17.8 Å². The summed E-state index contributed by atoms with van der Waals surface area (Å²) in [5, 5.41) is 7.37. The van der Waals surface area contributed by atoms with Crippen molar-refractivity contribution < 1.29 is 13.2 Å². The molecule has 33 heavy (non-hydrogen) atoms. The molecule has 0 amide bonds. The van der Waals surface area contributed by atoms with Crippen LogP contribution in [0, 0.1) is 0 Å². The van der Waals surface area contributed by atoms with E-state index < -0.39 is 23.3 Å². The minimum Gasteiger partial charge on any atom is -0.404 e. The lowest BCUT2D eigenvalue weighted by atomic mass is 10.0. The van der Waals surface area contributed by atoms with E-state index in [-0.39, 0.29) is 17.2 Å². The van der Waals surface area contributed by atoms with Crippen molar-refractivity contribution in [2.45, 2.75) is 26.1 Å². The van der Waals surface area contributed by atoms with E-state index in [4.69, 9.17) is 11.5 Å². The smallest absolute Gasteiger partial charge is 0.404 e. The summed E-state index contributed by atoms with van der Waals surface area (Å²) in [7, 11) is 3.09. The highest BCUT2D eigenvalue weighted by molar-refractivity contribution is 6.03. The summed E-state index contributed by atoms with van der Waals surface area (Å²) in [5.74, 6) is 0.282. The van der Waals surface area contributed by atoms with Crippen molar-refractivity contribution >= 4 is 29.0 Å². The van der Waals surface area contributed by atoms with E-state index in [0.717, 1.165) is 16.8 Å². The number of hydrogen-bond acceptors (Lipinski definition) is 8. The molecule has 0 fully saturated rings. The summed E-state index contributed by atoms with van der Waals surface area (Å²) >= 11 is 0. The van der Waals surface area contributed by atoms with Gasteiger partial charge in [0.15, 0.2) is 5.82 Å². The van der Waals surface area contributed by atoms with Crippen LogP contribution in [0.4, 0.5) is 30.4 Å². The van der Waals surface area contributed by atoms with Gasteiger partial charge in [-0.1, -0.05) is 0 Å². The Morgan fingerprint density at radius 2 is 2.00 bits per heavy atom. The number of alkyl halides is 3. The van der Waals surface area contributed by atoms with E-state index in [9.17, 15) is 18.0 Å². The van der Waals surface area contributed by atoms with Gasteiger partial charge in [-0.05, 0) is 43.7 Å². The summed E-state index contributed by atoms with van der Waals surface area (Å²) in [5.41, 5.74) is 18.7. The predicted octanol–water partition coefficient (Wildman–Crippen LogP) is 2.76. The number of hydrogen-bond donors (Lipinski definition) is 5. The van der Waals surface area contributed by atoms with Crippen LogP contribution in [0.3, 0.4) is 0 Å². The first-order valence-electron chi connectivity index (χ1n) is 9.91. The Hall–Kier alpha value is -3.96.